The van der Waals surface area contributed by atoms with Gasteiger partial charge in [0.05, 0.1) is 12.0 Å². The zero-order valence-corrected chi connectivity index (χ0v) is 10.1. The van der Waals surface area contributed by atoms with E-state index < -0.39 is 30.4 Å². The Hall–Kier alpha value is -1.24. The van der Waals surface area contributed by atoms with Gasteiger partial charge in [0.1, 0.15) is 0 Å². The number of benzene rings is 1. The van der Waals surface area contributed by atoms with Crippen molar-refractivity contribution < 1.29 is 26.3 Å². The minimum atomic E-state index is -4.46. The van der Waals surface area contributed by atoms with E-state index in [1.54, 1.807) is 0 Å². The smallest absolute Gasteiger partial charge is 0.310 e. The minimum absolute atomic E-state index is 0.303. The first-order valence-electron chi connectivity index (χ1n) is 5.57. The third kappa shape index (κ3) is 5.50. The zero-order chi connectivity index (χ0) is 14.7. The number of hydrogen-bond donors (Lipinski definition) is 1. The fraction of sp³-hybridized carbons (Fsp3) is 0.500. The van der Waals surface area contributed by atoms with Crippen LogP contribution in [0.2, 0.25) is 0 Å². The van der Waals surface area contributed by atoms with E-state index in [0.717, 1.165) is 12.1 Å². The van der Waals surface area contributed by atoms with Gasteiger partial charge >= 0.3 is 12.4 Å². The molecule has 1 aromatic rings. The van der Waals surface area contributed by atoms with E-state index in [2.05, 4.69) is 5.32 Å². The largest absolute Gasteiger partial charge is 0.416 e. The number of alkyl halides is 6. The fourth-order valence-electron chi connectivity index (χ4n) is 1.53. The van der Waals surface area contributed by atoms with Gasteiger partial charge in [0.25, 0.3) is 0 Å². The summed E-state index contributed by atoms with van der Waals surface area (Å²) < 4.78 is 73.2. The highest BCUT2D eigenvalue weighted by Gasteiger charge is 2.31. The lowest BCUT2D eigenvalue weighted by atomic mass is 10.0. The van der Waals surface area contributed by atoms with Crippen LogP contribution < -0.4 is 5.32 Å². The molecule has 0 saturated carbocycles. The van der Waals surface area contributed by atoms with E-state index in [0.29, 0.717) is 5.56 Å². The van der Waals surface area contributed by atoms with E-state index >= 15 is 0 Å². The van der Waals surface area contributed by atoms with Crippen LogP contribution in [0.3, 0.4) is 0 Å². The van der Waals surface area contributed by atoms with Crippen molar-refractivity contribution in [1.29, 1.82) is 0 Å². The van der Waals surface area contributed by atoms with Crippen molar-refractivity contribution in [2.24, 2.45) is 0 Å². The molecule has 1 rings (SSSR count). The zero-order valence-electron chi connectivity index (χ0n) is 10.1. The van der Waals surface area contributed by atoms with Crippen LogP contribution in [0.1, 0.15) is 30.5 Å². The van der Waals surface area contributed by atoms with Gasteiger partial charge in [0.2, 0.25) is 0 Å². The Morgan fingerprint density at radius 1 is 1.11 bits per heavy atom. The van der Waals surface area contributed by atoms with Crippen LogP contribution >= 0.6 is 0 Å². The summed E-state index contributed by atoms with van der Waals surface area (Å²) in [5.41, 5.74) is -0.508. The summed E-state index contributed by atoms with van der Waals surface area (Å²) in [5.74, 6) is 0. The van der Waals surface area contributed by atoms with Gasteiger partial charge in [-0.3, -0.25) is 0 Å². The molecule has 1 nitrogen and oxygen atoms in total. The highest BCUT2D eigenvalue weighted by molar-refractivity contribution is 5.27. The molecule has 0 aliphatic heterocycles. The number of halogens is 6. The molecule has 0 saturated heterocycles. The molecule has 0 bridgehead atoms. The normalized spacial score (nSPS) is 14.5. The maximum absolute atomic E-state index is 12.5. The summed E-state index contributed by atoms with van der Waals surface area (Å²) in [5, 5.41) is 2.55. The van der Waals surface area contributed by atoms with Crippen molar-refractivity contribution >= 4 is 0 Å². The Labute approximate surface area is 106 Å². The van der Waals surface area contributed by atoms with E-state index in [9.17, 15) is 26.3 Å². The first kappa shape index (κ1) is 15.8. The third-order valence-corrected chi connectivity index (χ3v) is 2.57. The van der Waals surface area contributed by atoms with Crippen LogP contribution in [0, 0.1) is 0 Å². The van der Waals surface area contributed by atoms with Crippen LogP contribution in [0.15, 0.2) is 24.3 Å². The fourth-order valence-corrected chi connectivity index (χ4v) is 1.53. The van der Waals surface area contributed by atoms with Gasteiger partial charge in [-0.2, -0.15) is 26.3 Å². The lowest BCUT2D eigenvalue weighted by Gasteiger charge is -2.16. The van der Waals surface area contributed by atoms with Crippen molar-refractivity contribution in [3.05, 3.63) is 35.4 Å². The van der Waals surface area contributed by atoms with Gasteiger partial charge in [-0.25, -0.2) is 0 Å². The molecule has 108 valence electrons. The molecule has 0 fully saturated rings. The maximum Gasteiger partial charge on any atom is 0.416 e. The molecule has 0 aromatic heterocycles. The van der Waals surface area contributed by atoms with Gasteiger partial charge in [-0.1, -0.05) is 12.1 Å². The van der Waals surface area contributed by atoms with Gasteiger partial charge in [0, 0.05) is 12.6 Å². The van der Waals surface area contributed by atoms with Crippen LogP contribution in [0.5, 0.6) is 0 Å². The predicted molar refractivity (Wildman–Crippen MR) is 58.5 cm³/mol. The quantitative estimate of drug-likeness (QED) is 0.813. The Balaban J connectivity index is 2.65. The Kier molecular flexibility index (Phi) is 4.84. The van der Waals surface area contributed by atoms with Gasteiger partial charge in [-0.15, -0.1) is 0 Å². The first-order valence-corrected chi connectivity index (χ1v) is 5.57. The number of rotatable bonds is 4. The van der Waals surface area contributed by atoms with Gasteiger partial charge in [-0.05, 0) is 24.6 Å². The van der Waals surface area contributed by atoms with Gasteiger partial charge in [0.15, 0.2) is 0 Å². The second-order valence-corrected chi connectivity index (χ2v) is 4.16. The van der Waals surface area contributed by atoms with E-state index in [1.807, 2.05) is 0 Å². The van der Waals surface area contributed by atoms with Crippen molar-refractivity contribution in [3.63, 3.8) is 0 Å². The molecule has 1 atom stereocenters. The molecule has 1 N–H and O–H groups in total. The summed E-state index contributed by atoms with van der Waals surface area (Å²) >= 11 is 0. The predicted octanol–water partition coefficient (Wildman–Crippen LogP) is 4.31. The van der Waals surface area contributed by atoms with Crippen molar-refractivity contribution in [2.45, 2.75) is 31.7 Å². The third-order valence-electron chi connectivity index (χ3n) is 2.57. The molecule has 0 heterocycles. The average Bonchev–Trinajstić information content (AvgIpc) is 2.26. The molecular formula is C12H13F6N. The second kappa shape index (κ2) is 5.81. The van der Waals surface area contributed by atoms with Gasteiger partial charge < -0.3 is 5.32 Å². The molecule has 19 heavy (non-hydrogen) atoms. The SMILES string of the molecule is CC(NCCC(F)(F)F)c1cccc(C(F)(F)F)c1. The topological polar surface area (TPSA) is 12.0 Å². The summed E-state index contributed by atoms with van der Waals surface area (Å²) in [7, 11) is 0. The van der Waals surface area contributed by atoms with E-state index in [1.165, 1.54) is 19.1 Å². The van der Waals surface area contributed by atoms with E-state index in [4.69, 9.17) is 0 Å². The molecular weight excluding hydrogens is 272 g/mol. The highest BCUT2D eigenvalue weighted by atomic mass is 19.4. The van der Waals surface area contributed by atoms with Crippen LogP contribution in [-0.2, 0) is 6.18 Å². The lowest BCUT2D eigenvalue weighted by molar-refractivity contribution is -0.137. The Morgan fingerprint density at radius 3 is 2.26 bits per heavy atom. The standard InChI is InChI=1S/C12H13F6N/c1-8(19-6-5-11(13,14)15)9-3-2-4-10(7-9)12(16,17)18/h2-4,7-8,19H,5-6H2,1H3. The molecule has 7 heteroatoms. The van der Waals surface area contributed by atoms with Crippen molar-refractivity contribution in [3.8, 4) is 0 Å². The summed E-state index contributed by atoms with van der Waals surface area (Å²) in [4.78, 5) is 0. The highest BCUT2D eigenvalue weighted by Crippen LogP contribution is 2.30. The van der Waals surface area contributed by atoms with Crippen molar-refractivity contribution in [2.75, 3.05) is 6.54 Å². The van der Waals surface area contributed by atoms with Crippen LogP contribution in [0.25, 0.3) is 0 Å². The maximum atomic E-state index is 12.5. The second-order valence-electron chi connectivity index (χ2n) is 4.16. The number of nitrogens with one attached hydrogen (secondary N) is 1. The molecule has 0 aliphatic carbocycles. The molecule has 1 aromatic carbocycles. The Bertz CT molecular complexity index is 409. The molecule has 0 spiro atoms. The van der Waals surface area contributed by atoms with Crippen LogP contribution in [0.4, 0.5) is 26.3 Å². The average molecular weight is 285 g/mol. The van der Waals surface area contributed by atoms with Crippen LogP contribution in [-0.4, -0.2) is 12.7 Å². The summed E-state index contributed by atoms with van der Waals surface area (Å²) in [6, 6.07) is 3.96. The minimum Gasteiger partial charge on any atom is -0.310 e. The Morgan fingerprint density at radius 2 is 1.74 bits per heavy atom. The first-order chi connectivity index (χ1) is 8.59. The molecule has 0 aliphatic rings. The van der Waals surface area contributed by atoms with E-state index in [-0.39, 0.29) is 6.54 Å². The summed E-state index contributed by atoms with van der Waals surface area (Å²) in [6.45, 7) is 1.19. The molecule has 1 unspecified atom stereocenters. The monoisotopic (exact) mass is 285 g/mol. The number of hydrogen-bond acceptors (Lipinski definition) is 1. The molecule has 0 radical (unpaired) electrons. The molecule has 0 amide bonds. The van der Waals surface area contributed by atoms with Crippen molar-refractivity contribution in [1.82, 2.24) is 5.32 Å². The lowest BCUT2D eigenvalue weighted by Crippen LogP contribution is -2.24. The summed E-state index contributed by atoms with van der Waals surface area (Å²) in [6.07, 6.45) is -9.75.